The van der Waals surface area contributed by atoms with Crippen molar-refractivity contribution in [2.24, 2.45) is 17.8 Å². The SMILES string of the molecule is Cc1ccc(NC(=O)N2CCC(CN3CC(C(=O)NCC4CC4)CC3=O)CC2)cc1F. The molecule has 8 heteroatoms. The molecule has 2 heterocycles. The van der Waals surface area contributed by atoms with Crippen LogP contribution in [-0.4, -0.2) is 60.4 Å². The molecular formula is C23H31FN4O3. The number of aryl methyl sites for hydroxylation is 1. The summed E-state index contributed by atoms with van der Waals surface area (Å²) < 4.78 is 13.7. The summed E-state index contributed by atoms with van der Waals surface area (Å²) in [6.07, 6.45) is 4.28. The molecule has 4 amide bonds. The van der Waals surface area contributed by atoms with Gasteiger partial charge >= 0.3 is 6.03 Å². The minimum Gasteiger partial charge on any atom is -0.356 e. The number of halogens is 1. The molecule has 1 aliphatic carbocycles. The third-order valence-corrected chi connectivity index (χ3v) is 6.65. The van der Waals surface area contributed by atoms with Crippen molar-refractivity contribution in [3.8, 4) is 0 Å². The van der Waals surface area contributed by atoms with Gasteiger partial charge in [-0.1, -0.05) is 6.07 Å². The molecule has 31 heavy (non-hydrogen) atoms. The zero-order valence-corrected chi connectivity index (χ0v) is 18.0. The molecule has 0 radical (unpaired) electrons. The maximum Gasteiger partial charge on any atom is 0.321 e. The largest absolute Gasteiger partial charge is 0.356 e. The Bertz CT molecular complexity index is 849. The van der Waals surface area contributed by atoms with E-state index in [1.54, 1.807) is 24.0 Å². The first-order valence-corrected chi connectivity index (χ1v) is 11.3. The van der Waals surface area contributed by atoms with Crippen LogP contribution in [0.4, 0.5) is 14.9 Å². The smallest absolute Gasteiger partial charge is 0.321 e. The average molecular weight is 431 g/mol. The first kappa shape index (κ1) is 21.6. The van der Waals surface area contributed by atoms with Crippen LogP contribution in [0, 0.1) is 30.5 Å². The standard InChI is InChI=1S/C23H31FN4O3/c1-15-2-5-19(11-20(15)24)26-23(31)27-8-6-17(7-9-27)13-28-14-18(10-21(28)29)22(30)25-12-16-3-4-16/h2,5,11,16-18H,3-4,6-10,12-14H2,1H3,(H,25,30)(H,26,31). The third kappa shape index (κ3) is 5.54. The Balaban J connectivity index is 1.20. The van der Waals surface area contributed by atoms with Crippen LogP contribution in [0.2, 0.25) is 0 Å². The minimum absolute atomic E-state index is 0.00165. The molecule has 7 nitrogen and oxygen atoms in total. The van der Waals surface area contributed by atoms with Gasteiger partial charge in [0.2, 0.25) is 11.8 Å². The van der Waals surface area contributed by atoms with Crippen LogP contribution in [0.1, 0.15) is 37.7 Å². The van der Waals surface area contributed by atoms with Crippen LogP contribution >= 0.6 is 0 Å². The number of rotatable bonds is 6. The highest BCUT2D eigenvalue weighted by molar-refractivity contribution is 5.90. The lowest BCUT2D eigenvalue weighted by molar-refractivity contribution is -0.129. The highest BCUT2D eigenvalue weighted by Crippen LogP contribution is 2.28. The highest BCUT2D eigenvalue weighted by Gasteiger charge is 2.36. The van der Waals surface area contributed by atoms with Crippen LogP contribution in [-0.2, 0) is 9.59 Å². The molecule has 2 aliphatic heterocycles. The van der Waals surface area contributed by atoms with Crippen molar-refractivity contribution >= 4 is 23.5 Å². The number of urea groups is 1. The molecule has 0 aromatic heterocycles. The Labute approximate surface area is 182 Å². The first-order valence-electron chi connectivity index (χ1n) is 11.3. The van der Waals surface area contributed by atoms with Crippen molar-refractivity contribution in [2.75, 3.05) is 38.0 Å². The van der Waals surface area contributed by atoms with Crippen molar-refractivity contribution < 1.29 is 18.8 Å². The molecule has 1 aromatic rings. The van der Waals surface area contributed by atoms with Gasteiger partial charge < -0.3 is 20.4 Å². The summed E-state index contributed by atoms with van der Waals surface area (Å²) >= 11 is 0. The number of nitrogens with one attached hydrogen (secondary N) is 2. The number of hydrogen-bond acceptors (Lipinski definition) is 3. The van der Waals surface area contributed by atoms with Gasteiger partial charge in [0.1, 0.15) is 5.82 Å². The van der Waals surface area contributed by atoms with E-state index in [1.165, 1.54) is 18.9 Å². The molecule has 4 rings (SSSR count). The molecule has 2 saturated heterocycles. The molecule has 168 valence electrons. The molecule has 3 fully saturated rings. The Morgan fingerprint density at radius 1 is 1.13 bits per heavy atom. The molecule has 1 unspecified atom stereocenters. The Kier molecular flexibility index (Phi) is 6.43. The second kappa shape index (κ2) is 9.24. The number of carbonyl (C=O) groups excluding carboxylic acids is 3. The van der Waals surface area contributed by atoms with Crippen molar-refractivity contribution in [3.05, 3.63) is 29.6 Å². The monoisotopic (exact) mass is 430 g/mol. The maximum absolute atomic E-state index is 13.7. The van der Waals surface area contributed by atoms with E-state index < -0.39 is 0 Å². The summed E-state index contributed by atoms with van der Waals surface area (Å²) in [6.45, 7) is 4.74. The topological polar surface area (TPSA) is 81.8 Å². The summed E-state index contributed by atoms with van der Waals surface area (Å²) in [7, 11) is 0. The lowest BCUT2D eigenvalue weighted by atomic mass is 9.96. The number of benzene rings is 1. The van der Waals surface area contributed by atoms with E-state index in [2.05, 4.69) is 10.6 Å². The van der Waals surface area contributed by atoms with Gasteiger partial charge in [-0.25, -0.2) is 9.18 Å². The van der Waals surface area contributed by atoms with Crippen LogP contribution in [0.25, 0.3) is 0 Å². The average Bonchev–Trinajstić information content (AvgIpc) is 3.51. The van der Waals surface area contributed by atoms with E-state index >= 15 is 0 Å². The summed E-state index contributed by atoms with van der Waals surface area (Å²) in [6, 6.07) is 4.44. The Hall–Kier alpha value is -2.64. The number of anilines is 1. The summed E-state index contributed by atoms with van der Waals surface area (Å²) in [5.74, 6) is 0.413. The van der Waals surface area contributed by atoms with E-state index in [0.29, 0.717) is 55.7 Å². The van der Waals surface area contributed by atoms with E-state index in [1.807, 2.05) is 4.90 Å². The van der Waals surface area contributed by atoms with Gasteiger partial charge in [0, 0.05) is 44.8 Å². The van der Waals surface area contributed by atoms with Gasteiger partial charge in [0.05, 0.1) is 5.92 Å². The van der Waals surface area contributed by atoms with Crippen LogP contribution in [0.15, 0.2) is 18.2 Å². The zero-order valence-electron chi connectivity index (χ0n) is 18.0. The fraction of sp³-hybridized carbons (Fsp3) is 0.609. The number of nitrogens with zero attached hydrogens (tertiary/aromatic N) is 2. The van der Waals surface area contributed by atoms with E-state index in [0.717, 1.165) is 19.4 Å². The zero-order chi connectivity index (χ0) is 22.0. The fourth-order valence-corrected chi connectivity index (χ4v) is 4.34. The predicted molar refractivity (Wildman–Crippen MR) is 115 cm³/mol. The summed E-state index contributed by atoms with van der Waals surface area (Å²) in [4.78, 5) is 40.7. The Morgan fingerprint density at radius 2 is 1.87 bits per heavy atom. The van der Waals surface area contributed by atoms with Crippen molar-refractivity contribution in [2.45, 2.75) is 39.0 Å². The quantitative estimate of drug-likeness (QED) is 0.728. The van der Waals surface area contributed by atoms with Gasteiger partial charge in [0.25, 0.3) is 0 Å². The molecule has 2 N–H and O–H groups in total. The summed E-state index contributed by atoms with van der Waals surface area (Å²) in [5.41, 5.74) is 0.988. The van der Waals surface area contributed by atoms with E-state index in [9.17, 15) is 18.8 Å². The Morgan fingerprint density at radius 3 is 2.55 bits per heavy atom. The molecular weight excluding hydrogens is 399 g/mol. The molecule has 1 saturated carbocycles. The van der Waals surface area contributed by atoms with Gasteiger partial charge in [0.15, 0.2) is 0 Å². The second-order valence-corrected chi connectivity index (χ2v) is 9.21. The molecule has 0 bridgehead atoms. The number of likely N-dealkylation sites (tertiary alicyclic amines) is 2. The fourth-order valence-electron chi connectivity index (χ4n) is 4.34. The molecule has 1 atom stereocenters. The molecule has 0 spiro atoms. The number of carbonyl (C=O) groups is 3. The second-order valence-electron chi connectivity index (χ2n) is 9.21. The predicted octanol–water partition coefficient (Wildman–Crippen LogP) is 2.75. The van der Waals surface area contributed by atoms with Crippen molar-refractivity contribution in [1.82, 2.24) is 15.1 Å². The van der Waals surface area contributed by atoms with Crippen molar-refractivity contribution in [1.29, 1.82) is 0 Å². The number of hydrogen-bond donors (Lipinski definition) is 2. The van der Waals surface area contributed by atoms with Crippen LogP contribution in [0.3, 0.4) is 0 Å². The lowest BCUT2D eigenvalue weighted by Gasteiger charge is -2.34. The molecule has 1 aromatic carbocycles. The third-order valence-electron chi connectivity index (χ3n) is 6.65. The van der Waals surface area contributed by atoms with Gasteiger partial charge in [-0.05, 0) is 62.1 Å². The van der Waals surface area contributed by atoms with Crippen molar-refractivity contribution in [3.63, 3.8) is 0 Å². The van der Waals surface area contributed by atoms with Crippen LogP contribution in [0.5, 0.6) is 0 Å². The van der Waals surface area contributed by atoms with Gasteiger partial charge in [-0.3, -0.25) is 9.59 Å². The first-order chi connectivity index (χ1) is 14.9. The molecule has 3 aliphatic rings. The highest BCUT2D eigenvalue weighted by atomic mass is 19.1. The van der Waals surface area contributed by atoms with Gasteiger partial charge in [-0.2, -0.15) is 0 Å². The summed E-state index contributed by atoms with van der Waals surface area (Å²) in [5, 5.41) is 5.74. The van der Waals surface area contributed by atoms with Gasteiger partial charge in [-0.15, -0.1) is 0 Å². The minimum atomic E-state index is -0.341. The van der Waals surface area contributed by atoms with E-state index in [4.69, 9.17) is 0 Å². The number of piperidine rings is 1. The lowest BCUT2D eigenvalue weighted by Crippen LogP contribution is -2.43. The number of amides is 4. The van der Waals surface area contributed by atoms with Crippen LogP contribution < -0.4 is 10.6 Å². The van der Waals surface area contributed by atoms with E-state index in [-0.39, 0.29) is 29.6 Å². The normalized spacial score (nSPS) is 22.0. The maximum atomic E-state index is 13.7.